The van der Waals surface area contributed by atoms with Crippen LogP contribution in [0.15, 0.2) is 165 Å². The molecule has 0 aliphatic heterocycles. The minimum Gasteiger partial charge on any atom is -0.455 e. The van der Waals surface area contributed by atoms with E-state index in [-0.39, 0.29) is 5.56 Å². The Balaban J connectivity index is 1.28. The van der Waals surface area contributed by atoms with Gasteiger partial charge in [-0.05, 0) is 65.0 Å². The van der Waals surface area contributed by atoms with Gasteiger partial charge in [-0.25, -0.2) is 0 Å². The average Bonchev–Trinajstić information content (AvgIpc) is 3.71. The molecule has 0 saturated heterocycles. The van der Waals surface area contributed by atoms with Crippen LogP contribution in [0.1, 0.15) is 0 Å². The Morgan fingerprint density at radius 1 is 0.404 bits per heavy atom. The normalized spacial score (nSPS) is 11.9. The van der Waals surface area contributed by atoms with Crippen LogP contribution < -0.4 is 5.56 Å². The van der Waals surface area contributed by atoms with E-state index in [4.69, 9.17) is 8.83 Å². The van der Waals surface area contributed by atoms with Gasteiger partial charge < -0.3 is 8.83 Å². The second-order valence-electron chi connectivity index (χ2n) is 12.0. The highest BCUT2D eigenvalue weighted by molar-refractivity contribution is 6.14. The van der Waals surface area contributed by atoms with E-state index < -0.39 is 0 Å². The number of hydrogen-bond acceptors (Lipinski definition) is 3. The van der Waals surface area contributed by atoms with Gasteiger partial charge in [0.05, 0.1) is 5.52 Å². The van der Waals surface area contributed by atoms with Crippen molar-refractivity contribution in [1.82, 2.24) is 4.57 Å². The van der Waals surface area contributed by atoms with Gasteiger partial charge in [0.2, 0.25) is 0 Å². The monoisotopic (exact) mass is 603 g/mol. The van der Waals surface area contributed by atoms with Crippen LogP contribution in [-0.2, 0) is 0 Å². The summed E-state index contributed by atoms with van der Waals surface area (Å²) < 4.78 is 14.7. The molecule has 0 aliphatic rings. The number of benzene rings is 7. The van der Waals surface area contributed by atoms with Crippen LogP contribution in [0.3, 0.4) is 0 Å². The molecule has 0 radical (unpaired) electrons. The minimum absolute atomic E-state index is 0.0562. The number of para-hydroxylation sites is 5. The topological polar surface area (TPSA) is 48.3 Å². The van der Waals surface area contributed by atoms with Crippen LogP contribution in [0.2, 0.25) is 0 Å². The Kier molecular flexibility index (Phi) is 5.40. The molecular weight excluding hydrogens is 578 g/mol. The molecule has 0 bridgehead atoms. The van der Waals surface area contributed by atoms with E-state index in [0.717, 1.165) is 88.1 Å². The van der Waals surface area contributed by atoms with Crippen molar-refractivity contribution in [1.29, 1.82) is 0 Å². The number of nitrogens with zero attached hydrogens (tertiary/aromatic N) is 1. The first-order valence-corrected chi connectivity index (χ1v) is 15.7. The molecule has 3 aromatic heterocycles. The van der Waals surface area contributed by atoms with Crippen molar-refractivity contribution >= 4 is 65.6 Å². The largest absolute Gasteiger partial charge is 0.455 e. The molecule has 7 aromatic carbocycles. The van der Waals surface area contributed by atoms with Crippen molar-refractivity contribution < 1.29 is 8.83 Å². The molecule has 0 saturated carbocycles. The Morgan fingerprint density at radius 2 is 0.936 bits per heavy atom. The maximum Gasteiger partial charge on any atom is 0.263 e. The summed E-state index contributed by atoms with van der Waals surface area (Å²) in [7, 11) is 0. The number of furan rings is 2. The highest BCUT2D eigenvalue weighted by Crippen LogP contribution is 2.40. The van der Waals surface area contributed by atoms with Crippen LogP contribution in [-0.4, -0.2) is 4.57 Å². The molecule has 0 N–H and O–H groups in total. The fourth-order valence-corrected chi connectivity index (χ4v) is 7.25. The van der Waals surface area contributed by atoms with Gasteiger partial charge in [0.1, 0.15) is 22.3 Å². The molecule has 4 nitrogen and oxygen atoms in total. The zero-order valence-electron chi connectivity index (χ0n) is 25.1. The van der Waals surface area contributed by atoms with E-state index in [0.29, 0.717) is 5.39 Å². The molecule has 3 heterocycles. The first kappa shape index (κ1) is 25.9. The van der Waals surface area contributed by atoms with Gasteiger partial charge in [-0.1, -0.05) is 103 Å². The smallest absolute Gasteiger partial charge is 0.263 e. The van der Waals surface area contributed by atoms with Crippen LogP contribution in [0, 0.1) is 0 Å². The molecule has 0 atom stereocenters. The zero-order chi connectivity index (χ0) is 31.1. The maximum absolute atomic E-state index is 14.3. The van der Waals surface area contributed by atoms with E-state index in [9.17, 15) is 4.79 Å². The third-order valence-corrected chi connectivity index (χ3v) is 9.43. The Hall–Kier alpha value is -6.39. The minimum atomic E-state index is -0.0562. The van der Waals surface area contributed by atoms with Crippen molar-refractivity contribution in [2.75, 3.05) is 0 Å². The third-order valence-electron chi connectivity index (χ3n) is 9.43. The fraction of sp³-hybridized carbons (Fsp3) is 0. The highest BCUT2D eigenvalue weighted by Gasteiger charge is 2.18. The maximum atomic E-state index is 14.3. The standard InChI is InChI=1S/C43H25NO3/c45-43-35-22-20-26(29-14-8-16-33-31-12-4-6-18-39(31)46-41(29)33)24-36(35)37-25-27(21-23-38(37)44(43)28-10-2-1-3-11-28)30-15-9-17-34-32-13-5-7-19-40(32)47-42(30)34/h1-25H. The van der Waals surface area contributed by atoms with Crippen LogP contribution >= 0.6 is 0 Å². The lowest BCUT2D eigenvalue weighted by Gasteiger charge is -2.16. The molecule has 220 valence electrons. The Labute approximate surface area is 268 Å². The first-order chi connectivity index (χ1) is 23.2. The summed E-state index contributed by atoms with van der Waals surface area (Å²) in [6, 6.07) is 51.2. The molecule has 0 amide bonds. The summed E-state index contributed by atoms with van der Waals surface area (Å²) in [4.78, 5) is 14.3. The van der Waals surface area contributed by atoms with Gasteiger partial charge in [-0.2, -0.15) is 0 Å². The predicted molar refractivity (Wildman–Crippen MR) is 192 cm³/mol. The second-order valence-corrected chi connectivity index (χ2v) is 12.0. The predicted octanol–water partition coefficient (Wildman–Crippen LogP) is 11.3. The number of rotatable bonds is 3. The van der Waals surface area contributed by atoms with Gasteiger partial charge in [0.15, 0.2) is 0 Å². The van der Waals surface area contributed by atoms with Crippen LogP contribution in [0.5, 0.6) is 0 Å². The van der Waals surface area contributed by atoms with Crippen molar-refractivity contribution in [2.24, 2.45) is 0 Å². The van der Waals surface area contributed by atoms with Crippen LogP contribution in [0.25, 0.3) is 93.5 Å². The Morgan fingerprint density at radius 3 is 1.57 bits per heavy atom. The number of hydrogen-bond donors (Lipinski definition) is 0. The van der Waals surface area contributed by atoms with Crippen molar-refractivity contribution in [3.63, 3.8) is 0 Å². The van der Waals surface area contributed by atoms with Gasteiger partial charge in [-0.15, -0.1) is 0 Å². The molecule has 0 fully saturated rings. The van der Waals surface area contributed by atoms with E-state index in [1.807, 2.05) is 83.4 Å². The van der Waals surface area contributed by atoms with E-state index in [1.165, 1.54) is 0 Å². The molecule has 10 rings (SSSR count). The van der Waals surface area contributed by atoms with Gasteiger partial charge >= 0.3 is 0 Å². The lowest BCUT2D eigenvalue weighted by molar-refractivity contribution is 0.669. The number of fused-ring (bicyclic) bond motifs is 9. The second kappa shape index (κ2) is 9.80. The first-order valence-electron chi connectivity index (χ1n) is 15.7. The van der Waals surface area contributed by atoms with Crippen molar-refractivity contribution in [3.05, 3.63) is 162 Å². The molecule has 0 aliphatic carbocycles. The molecular formula is C43H25NO3. The molecule has 47 heavy (non-hydrogen) atoms. The van der Waals surface area contributed by atoms with E-state index in [1.54, 1.807) is 0 Å². The van der Waals surface area contributed by atoms with E-state index >= 15 is 0 Å². The third kappa shape index (κ3) is 3.79. The quantitative estimate of drug-likeness (QED) is 0.189. The lowest BCUT2D eigenvalue weighted by Crippen LogP contribution is -2.19. The lowest BCUT2D eigenvalue weighted by atomic mass is 9.95. The zero-order valence-corrected chi connectivity index (χ0v) is 25.1. The van der Waals surface area contributed by atoms with E-state index in [2.05, 4.69) is 72.8 Å². The highest BCUT2D eigenvalue weighted by atomic mass is 16.3. The number of pyridine rings is 1. The van der Waals surface area contributed by atoms with Crippen molar-refractivity contribution in [3.8, 4) is 27.9 Å². The summed E-state index contributed by atoms with van der Waals surface area (Å²) in [6.07, 6.45) is 0. The molecule has 0 spiro atoms. The van der Waals surface area contributed by atoms with Crippen LogP contribution in [0.4, 0.5) is 0 Å². The average molecular weight is 604 g/mol. The fourth-order valence-electron chi connectivity index (χ4n) is 7.25. The van der Waals surface area contributed by atoms with Gasteiger partial charge in [-0.3, -0.25) is 9.36 Å². The van der Waals surface area contributed by atoms with Gasteiger partial charge in [0.25, 0.3) is 5.56 Å². The summed E-state index contributed by atoms with van der Waals surface area (Å²) in [6.45, 7) is 0. The summed E-state index contributed by atoms with van der Waals surface area (Å²) in [5.41, 5.74) is 9.04. The molecule has 10 aromatic rings. The summed E-state index contributed by atoms with van der Waals surface area (Å²) >= 11 is 0. The SMILES string of the molecule is O=c1c2ccc(-c3cccc4c3oc3ccccc34)cc2c2cc(-c3cccc4c3oc3ccccc34)ccc2n1-c1ccccc1. The molecule has 4 heteroatoms. The summed E-state index contributed by atoms with van der Waals surface area (Å²) in [5.74, 6) is 0. The Bertz CT molecular complexity index is 2930. The summed E-state index contributed by atoms with van der Waals surface area (Å²) in [5, 5.41) is 6.86. The molecule has 0 unspecified atom stereocenters. The van der Waals surface area contributed by atoms with Crippen molar-refractivity contribution in [2.45, 2.75) is 0 Å². The number of aromatic nitrogens is 1. The van der Waals surface area contributed by atoms with Gasteiger partial charge in [0, 0.05) is 49.1 Å².